The minimum absolute atomic E-state index is 0.00216. The molecule has 0 fully saturated rings. The molecule has 18 heavy (non-hydrogen) atoms. The summed E-state index contributed by atoms with van der Waals surface area (Å²) < 4.78 is 11.0. The Labute approximate surface area is 110 Å². The van der Waals surface area contributed by atoms with Crippen LogP contribution in [0.2, 0.25) is 0 Å². The van der Waals surface area contributed by atoms with E-state index in [4.69, 9.17) is 9.47 Å². The topological polar surface area (TPSA) is 43.4 Å². The number of ether oxygens (including phenoxy) is 2. The zero-order valence-corrected chi connectivity index (χ0v) is 12.0. The summed E-state index contributed by atoms with van der Waals surface area (Å²) >= 11 is 0. The molecule has 0 aliphatic rings. The van der Waals surface area contributed by atoms with Gasteiger partial charge in [-0.2, -0.15) is 4.98 Å². The Kier molecular flexibility index (Phi) is 5.41. The van der Waals surface area contributed by atoms with E-state index in [0.29, 0.717) is 19.1 Å². The van der Waals surface area contributed by atoms with Crippen molar-refractivity contribution in [2.24, 2.45) is 0 Å². The molecule has 4 nitrogen and oxygen atoms in total. The fourth-order valence-electron chi connectivity index (χ4n) is 1.46. The maximum absolute atomic E-state index is 5.70. The summed E-state index contributed by atoms with van der Waals surface area (Å²) in [5.41, 5.74) is -0.0113. The molecule has 0 aliphatic heterocycles. The number of nitrogens with zero attached hydrogens (tertiary/aromatic N) is 1. The molecule has 0 amide bonds. The molecule has 1 rings (SSSR count). The van der Waals surface area contributed by atoms with Crippen molar-refractivity contribution in [3.8, 4) is 5.88 Å². The van der Waals surface area contributed by atoms with Crippen molar-refractivity contribution in [2.75, 3.05) is 18.5 Å². The number of hydrogen-bond donors (Lipinski definition) is 1. The summed E-state index contributed by atoms with van der Waals surface area (Å²) in [4.78, 5) is 4.42. The minimum Gasteiger partial charge on any atom is -0.472 e. The molecule has 1 aromatic rings. The lowest BCUT2D eigenvalue weighted by atomic mass is 10.1. The van der Waals surface area contributed by atoms with Gasteiger partial charge in [0.2, 0.25) is 5.88 Å². The van der Waals surface area contributed by atoms with Crippen molar-refractivity contribution in [3.63, 3.8) is 0 Å². The van der Waals surface area contributed by atoms with Gasteiger partial charge in [0.1, 0.15) is 11.9 Å². The van der Waals surface area contributed by atoms with Crippen LogP contribution in [0.4, 0.5) is 5.82 Å². The highest BCUT2D eigenvalue weighted by molar-refractivity contribution is 5.39. The normalized spacial score (nSPS) is 13.2. The van der Waals surface area contributed by atoms with Gasteiger partial charge in [-0.3, -0.25) is 0 Å². The Bertz CT molecular complexity index is 361. The van der Waals surface area contributed by atoms with Crippen molar-refractivity contribution in [1.29, 1.82) is 0 Å². The standard InChI is InChI=1S/C14H24N2O2/c1-6-17-10-11(2)18-13-9-7-8-12(15-13)16-14(3,4)5/h7-9,11H,6,10H2,1-5H3,(H,15,16). The van der Waals surface area contributed by atoms with Crippen molar-refractivity contribution in [1.82, 2.24) is 4.98 Å². The number of nitrogens with one attached hydrogen (secondary N) is 1. The van der Waals surface area contributed by atoms with E-state index in [1.165, 1.54) is 0 Å². The number of hydrogen-bond acceptors (Lipinski definition) is 4. The van der Waals surface area contributed by atoms with Gasteiger partial charge >= 0.3 is 0 Å². The van der Waals surface area contributed by atoms with E-state index in [2.05, 4.69) is 31.1 Å². The van der Waals surface area contributed by atoms with E-state index < -0.39 is 0 Å². The molecule has 1 aromatic heterocycles. The third-order valence-corrected chi connectivity index (χ3v) is 2.11. The van der Waals surface area contributed by atoms with E-state index in [0.717, 1.165) is 5.82 Å². The quantitative estimate of drug-likeness (QED) is 0.845. The minimum atomic E-state index is -0.0113. The average molecular weight is 252 g/mol. The smallest absolute Gasteiger partial charge is 0.215 e. The van der Waals surface area contributed by atoms with E-state index in [-0.39, 0.29) is 11.6 Å². The molecule has 0 saturated carbocycles. The molecule has 1 unspecified atom stereocenters. The molecule has 0 aromatic carbocycles. The summed E-state index contributed by atoms with van der Waals surface area (Å²) in [6.45, 7) is 11.5. The van der Waals surface area contributed by atoms with Gasteiger partial charge < -0.3 is 14.8 Å². The van der Waals surface area contributed by atoms with Crippen LogP contribution in [-0.2, 0) is 4.74 Å². The Hall–Kier alpha value is -1.29. The van der Waals surface area contributed by atoms with Crippen LogP contribution in [0, 0.1) is 0 Å². The van der Waals surface area contributed by atoms with Crippen LogP contribution >= 0.6 is 0 Å². The summed E-state index contributed by atoms with van der Waals surface area (Å²) in [6.07, 6.45) is 0.00216. The maximum atomic E-state index is 5.70. The largest absolute Gasteiger partial charge is 0.472 e. The first-order valence-electron chi connectivity index (χ1n) is 6.40. The van der Waals surface area contributed by atoms with Gasteiger partial charge in [-0.25, -0.2) is 0 Å². The maximum Gasteiger partial charge on any atom is 0.215 e. The van der Waals surface area contributed by atoms with Crippen LogP contribution in [0.15, 0.2) is 18.2 Å². The molecule has 0 radical (unpaired) electrons. The van der Waals surface area contributed by atoms with Gasteiger partial charge in [-0.05, 0) is 40.7 Å². The molecule has 102 valence electrons. The van der Waals surface area contributed by atoms with Crippen LogP contribution in [0.1, 0.15) is 34.6 Å². The molecule has 0 bridgehead atoms. The third-order valence-electron chi connectivity index (χ3n) is 2.11. The number of pyridine rings is 1. The zero-order chi connectivity index (χ0) is 13.6. The lowest BCUT2D eigenvalue weighted by Gasteiger charge is -2.22. The van der Waals surface area contributed by atoms with Crippen molar-refractivity contribution < 1.29 is 9.47 Å². The fraction of sp³-hybridized carbons (Fsp3) is 0.643. The Morgan fingerprint density at radius 2 is 2.06 bits per heavy atom. The Morgan fingerprint density at radius 3 is 2.67 bits per heavy atom. The van der Waals surface area contributed by atoms with Crippen LogP contribution < -0.4 is 10.1 Å². The Morgan fingerprint density at radius 1 is 1.33 bits per heavy atom. The summed E-state index contributed by atoms with van der Waals surface area (Å²) in [5, 5.41) is 3.32. The van der Waals surface area contributed by atoms with Crippen molar-refractivity contribution >= 4 is 5.82 Å². The van der Waals surface area contributed by atoms with Crippen LogP contribution in [0.25, 0.3) is 0 Å². The van der Waals surface area contributed by atoms with Crippen LogP contribution in [0.3, 0.4) is 0 Å². The van der Waals surface area contributed by atoms with Crippen molar-refractivity contribution in [2.45, 2.75) is 46.3 Å². The van der Waals surface area contributed by atoms with Gasteiger partial charge in [-0.1, -0.05) is 6.07 Å². The number of anilines is 1. The summed E-state index contributed by atoms with van der Waals surface area (Å²) in [7, 11) is 0. The molecule has 1 atom stereocenters. The Balaban J connectivity index is 2.59. The van der Waals surface area contributed by atoms with Gasteiger partial charge in [0.05, 0.1) is 6.61 Å². The van der Waals surface area contributed by atoms with Gasteiger partial charge in [0.25, 0.3) is 0 Å². The first-order valence-corrected chi connectivity index (χ1v) is 6.40. The van der Waals surface area contributed by atoms with E-state index >= 15 is 0 Å². The molecular formula is C14H24N2O2. The zero-order valence-electron chi connectivity index (χ0n) is 12.0. The highest BCUT2D eigenvalue weighted by Crippen LogP contribution is 2.16. The third kappa shape index (κ3) is 5.87. The predicted molar refractivity (Wildman–Crippen MR) is 74.2 cm³/mol. The lowest BCUT2D eigenvalue weighted by molar-refractivity contribution is 0.0634. The van der Waals surface area contributed by atoms with Crippen molar-refractivity contribution in [3.05, 3.63) is 18.2 Å². The average Bonchev–Trinajstić information content (AvgIpc) is 2.24. The number of aromatic nitrogens is 1. The summed E-state index contributed by atoms with van der Waals surface area (Å²) in [6, 6.07) is 5.73. The molecule has 1 heterocycles. The highest BCUT2D eigenvalue weighted by atomic mass is 16.5. The van der Waals surface area contributed by atoms with Crippen LogP contribution in [-0.4, -0.2) is 29.8 Å². The molecule has 0 spiro atoms. The second kappa shape index (κ2) is 6.59. The monoisotopic (exact) mass is 252 g/mol. The highest BCUT2D eigenvalue weighted by Gasteiger charge is 2.11. The van der Waals surface area contributed by atoms with Crippen LogP contribution in [0.5, 0.6) is 5.88 Å². The molecule has 4 heteroatoms. The molecule has 1 N–H and O–H groups in total. The summed E-state index contributed by atoms with van der Waals surface area (Å²) in [5.74, 6) is 1.44. The number of rotatable bonds is 6. The van der Waals surface area contributed by atoms with E-state index in [9.17, 15) is 0 Å². The molecular weight excluding hydrogens is 228 g/mol. The first kappa shape index (κ1) is 14.8. The second-order valence-electron chi connectivity index (χ2n) is 5.32. The van der Waals surface area contributed by atoms with Gasteiger partial charge in [0.15, 0.2) is 0 Å². The second-order valence-corrected chi connectivity index (χ2v) is 5.32. The molecule has 0 saturated heterocycles. The van der Waals surface area contributed by atoms with E-state index in [1.807, 2.05) is 32.0 Å². The SMILES string of the molecule is CCOCC(C)Oc1cccc(NC(C)(C)C)n1. The van der Waals surface area contributed by atoms with E-state index in [1.54, 1.807) is 0 Å². The van der Waals surface area contributed by atoms with Gasteiger partial charge in [0, 0.05) is 18.2 Å². The predicted octanol–water partition coefficient (Wildman–Crippen LogP) is 3.10. The first-order chi connectivity index (χ1) is 8.40. The fourth-order valence-corrected chi connectivity index (χ4v) is 1.46. The molecule has 0 aliphatic carbocycles. The van der Waals surface area contributed by atoms with Gasteiger partial charge in [-0.15, -0.1) is 0 Å². The lowest BCUT2D eigenvalue weighted by Crippen LogP contribution is -2.27.